The van der Waals surface area contributed by atoms with E-state index in [2.05, 4.69) is 410 Å². The van der Waals surface area contributed by atoms with Crippen LogP contribution in [-0.4, -0.2) is 9.13 Å². The fraction of sp³-hybridized carbons (Fsp3) is 0. The minimum Gasteiger partial charge on any atom is -0.309 e. The number of nitrogens with zero attached hydrogens (tertiary/aromatic N) is 2. The smallest absolute Gasteiger partial charge is 0.0541 e. The first kappa shape index (κ1) is 60.3. The van der Waals surface area contributed by atoms with Gasteiger partial charge in [-0.2, -0.15) is 0 Å². The van der Waals surface area contributed by atoms with E-state index in [1.807, 2.05) is 0 Å². The van der Waals surface area contributed by atoms with Crippen molar-refractivity contribution in [2.24, 2.45) is 0 Å². The normalized spacial score (nSPS) is 11.7. The topological polar surface area (TPSA) is 9.86 Å². The van der Waals surface area contributed by atoms with E-state index in [0.29, 0.717) is 0 Å². The number of aromatic nitrogens is 2. The van der Waals surface area contributed by atoms with Crippen LogP contribution in [0.5, 0.6) is 0 Å². The molecule has 0 atom stereocenters. The van der Waals surface area contributed by atoms with Gasteiger partial charge in [0.25, 0.3) is 0 Å². The molecule has 2 heterocycles. The van der Waals surface area contributed by atoms with E-state index in [0.717, 1.165) is 0 Å². The van der Waals surface area contributed by atoms with Crippen molar-refractivity contribution in [2.45, 2.75) is 0 Å². The van der Waals surface area contributed by atoms with Gasteiger partial charge in [0, 0.05) is 32.6 Å². The van der Waals surface area contributed by atoms with Gasteiger partial charge in [-0.15, -0.1) is 0 Å². The van der Waals surface area contributed by atoms with E-state index in [1.54, 1.807) is 0 Å². The molecule has 0 spiro atoms. The highest BCUT2D eigenvalue weighted by molar-refractivity contribution is 6.24. The Morgan fingerprint density at radius 1 is 0.135 bits per heavy atom. The first-order valence-corrected chi connectivity index (χ1v) is 36.0. The number of hydrogen-bond donors (Lipinski definition) is 0. The number of rotatable bonds is 9. The van der Waals surface area contributed by atoms with Crippen molar-refractivity contribution in [1.82, 2.24) is 9.13 Å². The van der Waals surface area contributed by atoms with Crippen LogP contribution in [0.25, 0.3) is 198 Å². The molecule has 21 rings (SSSR count). The largest absolute Gasteiger partial charge is 0.309 e. The molecule has 0 amide bonds. The second kappa shape index (κ2) is 25.2. The highest BCUT2D eigenvalue weighted by atomic mass is 15.0. The van der Waals surface area contributed by atoms with E-state index in [-0.39, 0.29) is 0 Å². The summed E-state index contributed by atoms with van der Waals surface area (Å²) in [6.45, 7) is 0. The van der Waals surface area contributed by atoms with Crippen molar-refractivity contribution in [3.05, 3.63) is 400 Å². The lowest BCUT2D eigenvalue weighted by Gasteiger charge is -2.18. The van der Waals surface area contributed by atoms with Gasteiger partial charge >= 0.3 is 0 Å². The molecule has 0 unspecified atom stereocenters. The summed E-state index contributed by atoms with van der Waals surface area (Å²) in [7, 11) is 0. The SMILES string of the molecule is c1cc(-c2ccc3c(c2)c2ccccc2n3-c2cccc3ccccc23)cc(-c2c3ccccc3c(-c3ccc4ccccc4c3)c3ccccc23)c1.c1ccc(-c2ccc(-c3c4ccccc4c(-c4cccc(-c5ccc6c(c5)c5ccccc5n6-c5ccccc5)c4)c4ccccc34)cc2)cc1. The van der Waals surface area contributed by atoms with Gasteiger partial charge in [-0.05, 0) is 210 Å². The number of hydrogen-bond acceptors (Lipinski definition) is 0. The highest BCUT2D eigenvalue weighted by Crippen LogP contribution is 2.48. The summed E-state index contributed by atoms with van der Waals surface area (Å²) in [5.74, 6) is 0. The van der Waals surface area contributed by atoms with Crippen LogP contribution in [-0.2, 0) is 0 Å². The van der Waals surface area contributed by atoms with Crippen LogP contribution < -0.4 is 0 Å². The van der Waals surface area contributed by atoms with Crippen LogP contribution >= 0.6 is 0 Å². The van der Waals surface area contributed by atoms with Gasteiger partial charge in [0.05, 0.1) is 27.8 Å². The molecular formula is C102H66N2. The molecular weight excluding hydrogens is 1250 g/mol. The average Bonchev–Trinajstić information content (AvgIpc) is 1.37. The van der Waals surface area contributed by atoms with Crippen LogP contribution in [0.4, 0.5) is 0 Å². The fourth-order valence-corrected chi connectivity index (χ4v) is 16.8. The molecule has 2 heteroatoms. The highest BCUT2D eigenvalue weighted by Gasteiger charge is 2.22. The zero-order chi connectivity index (χ0) is 68.6. The molecule has 0 aliphatic heterocycles. The number of fused-ring (bicyclic) bond motifs is 12. The molecule has 104 heavy (non-hydrogen) atoms. The third kappa shape index (κ3) is 10.2. The second-order valence-electron chi connectivity index (χ2n) is 27.4. The molecule has 0 fully saturated rings. The molecule has 484 valence electrons. The first-order valence-electron chi connectivity index (χ1n) is 36.0. The summed E-state index contributed by atoms with van der Waals surface area (Å²) < 4.78 is 4.81. The Morgan fingerprint density at radius 2 is 0.442 bits per heavy atom. The molecule has 0 saturated heterocycles. The molecule has 21 aromatic rings. The lowest BCUT2D eigenvalue weighted by molar-refractivity contribution is 1.18. The minimum absolute atomic E-state index is 1.17. The van der Waals surface area contributed by atoms with Crippen molar-refractivity contribution in [3.8, 4) is 89.3 Å². The fourth-order valence-electron chi connectivity index (χ4n) is 16.8. The van der Waals surface area contributed by atoms with Crippen LogP contribution in [0.2, 0.25) is 0 Å². The summed E-state index contributed by atoms with van der Waals surface area (Å²) in [4.78, 5) is 0. The van der Waals surface area contributed by atoms with E-state index in [9.17, 15) is 0 Å². The van der Waals surface area contributed by atoms with Crippen LogP contribution in [0.3, 0.4) is 0 Å². The number of benzene rings is 19. The Bertz CT molecular complexity index is 6830. The molecule has 0 aliphatic carbocycles. The second-order valence-corrected chi connectivity index (χ2v) is 27.4. The standard InChI is InChI=1S/C52H33N.C50H33N/c1-2-15-36-31-40(28-27-34(36)13-1)52-45-23-7-5-21-43(45)51(44-22-6-8-24-46(44)52)39-18-11-17-37(32-39)38-29-30-50-47(33-38)42-20-9-10-25-49(42)53(50)48-26-12-16-35-14-3-4-19-41(35)48;1-3-14-34(15-4-1)35-26-28-36(29-27-35)49-42-21-7-9-23-44(42)50(45-24-10-8-22-43(45)49)39-17-13-16-37(32-39)38-30-31-48-46(33-38)41-20-11-12-25-47(41)51(48)40-18-5-2-6-19-40/h1-33H;1-33H. The summed E-state index contributed by atoms with van der Waals surface area (Å²) >= 11 is 0. The van der Waals surface area contributed by atoms with Crippen molar-refractivity contribution >= 4 is 108 Å². The van der Waals surface area contributed by atoms with Crippen LogP contribution in [0.15, 0.2) is 400 Å². The Hall–Kier alpha value is -13.7. The van der Waals surface area contributed by atoms with E-state index in [4.69, 9.17) is 0 Å². The van der Waals surface area contributed by atoms with Gasteiger partial charge in [-0.1, -0.05) is 328 Å². The van der Waals surface area contributed by atoms with E-state index in [1.165, 1.54) is 198 Å². The lowest BCUT2D eigenvalue weighted by Crippen LogP contribution is -1.95. The average molecular weight is 1320 g/mol. The van der Waals surface area contributed by atoms with Crippen molar-refractivity contribution in [3.63, 3.8) is 0 Å². The van der Waals surface area contributed by atoms with Crippen molar-refractivity contribution in [2.75, 3.05) is 0 Å². The van der Waals surface area contributed by atoms with Crippen molar-refractivity contribution < 1.29 is 0 Å². The molecule has 0 bridgehead atoms. The molecule has 0 N–H and O–H groups in total. The maximum Gasteiger partial charge on any atom is 0.0541 e. The Balaban J connectivity index is 0.000000139. The van der Waals surface area contributed by atoms with Gasteiger partial charge in [-0.25, -0.2) is 0 Å². The minimum atomic E-state index is 1.17. The van der Waals surface area contributed by atoms with Crippen molar-refractivity contribution in [1.29, 1.82) is 0 Å². The van der Waals surface area contributed by atoms with Gasteiger partial charge in [0.1, 0.15) is 0 Å². The van der Waals surface area contributed by atoms with Gasteiger partial charge in [-0.3, -0.25) is 0 Å². The molecule has 0 aliphatic rings. The predicted octanol–water partition coefficient (Wildman–Crippen LogP) is 28.2. The van der Waals surface area contributed by atoms with E-state index < -0.39 is 0 Å². The van der Waals surface area contributed by atoms with Crippen LogP contribution in [0.1, 0.15) is 0 Å². The summed E-state index contributed by atoms with van der Waals surface area (Å²) in [5, 5.41) is 20.2. The third-order valence-electron chi connectivity index (χ3n) is 21.5. The Morgan fingerprint density at radius 3 is 0.962 bits per heavy atom. The van der Waals surface area contributed by atoms with E-state index >= 15 is 0 Å². The monoisotopic (exact) mass is 1320 g/mol. The molecule has 2 aromatic heterocycles. The Kier molecular flexibility index (Phi) is 14.6. The molecule has 0 radical (unpaired) electrons. The maximum atomic E-state index is 2.43. The number of para-hydroxylation sites is 3. The van der Waals surface area contributed by atoms with Crippen LogP contribution in [0, 0.1) is 0 Å². The zero-order valence-corrected chi connectivity index (χ0v) is 57.0. The first-order chi connectivity index (χ1) is 51.6. The quantitative estimate of drug-likeness (QED) is 0.128. The molecule has 2 nitrogen and oxygen atoms in total. The molecule has 19 aromatic carbocycles. The molecule has 0 saturated carbocycles. The zero-order valence-electron chi connectivity index (χ0n) is 57.0. The van der Waals surface area contributed by atoms with Gasteiger partial charge in [0.15, 0.2) is 0 Å². The maximum absolute atomic E-state index is 2.43. The summed E-state index contributed by atoms with van der Waals surface area (Å²) in [6, 6.07) is 146. The Labute approximate surface area is 603 Å². The predicted molar refractivity (Wildman–Crippen MR) is 445 cm³/mol. The lowest BCUT2D eigenvalue weighted by atomic mass is 9.85. The van der Waals surface area contributed by atoms with Gasteiger partial charge in [0.2, 0.25) is 0 Å². The van der Waals surface area contributed by atoms with Gasteiger partial charge < -0.3 is 9.13 Å². The third-order valence-corrected chi connectivity index (χ3v) is 21.5. The summed E-state index contributed by atoms with van der Waals surface area (Å²) in [6.07, 6.45) is 0. The summed E-state index contributed by atoms with van der Waals surface area (Å²) in [5.41, 5.74) is 24.6.